The number of aromatic nitrogens is 1. The maximum Gasteiger partial charge on any atom is 0.355 e. The monoisotopic (exact) mass is 261 g/mol. The molecule has 1 aromatic carbocycles. The highest BCUT2D eigenvalue weighted by atomic mass is 32.1. The van der Waals surface area contributed by atoms with Crippen LogP contribution in [0.4, 0.5) is 0 Å². The third kappa shape index (κ3) is 2.43. The number of thiazole rings is 1. The van der Waals surface area contributed by atoms with E-state index in [0.29, 0.717) is 0 Å². The molecule has 94 valence electrons. The number of rotatable bonds is 3. The van der Waals surface area contributed by atoms with Crippen molar-refractivity contribution < 1.29 is 9.90 Å². The van der Waals surface area contributed by atoms with Crippen molar-refractivity contribution in [3.8, 4) is 10.6 Å². The SMILES string of the molecule is Cc1ccc(-c2nc(C(=O)O)c(C(C)C)s2)cc1. The minimum atomic E-state index is -0.951. The fraction of sp³-hybridized carbons (Fsp3) is 0.286. The van der Waals surface area contributed by atoms with Crippen LogP contribution in [0.3, 0.4) is 0 Å². The van der Waals surface area contributed by atoms with Gasteiger partial charge in [0.1, 0.15) is 5.01 Å². The zero-order valence-corrected chi connectivity index (χ0v) is 11.4. The Balaban J connectivity index is 2.49. The fourth-order valence-corrected chi connectivity index (χ4v) is 2.76. The van der Waals surface area contributed by atoms with E-state index >= 15 is 0 Å². The molecule has 0 atom stereocenters. The predicted octanol–water partition coefficient (Wildman–Crippen LogP) is 3.94. The van der Waals surface area contributed by atoms with E-state index in [1.807, 2.05) is 45.0 Å². The number of hydrogen-bond donors (Lipinski definition) is 1. The number of aromatic carboxylic acids is 1. The first-order chi connectivity index (χ1) is 8.49. The third-order valence-corrected chi connectivity index (χ3v) is 4.08. The Morgan fingerprint density at radius 2 is 1.89 bits per heavy atom. The van der Waals surface area contributed by atoms with Crippen LogP contribution in [0, 0.1) is 6.92 Å². The van der Waals surface area contributed by atoms with Crippen LogP contribution in [0.15, 0.2) is 24.3 Å². The maximum absolute atomic E-state index is 11.2. The molecule has 2 aromatic rings. The molecule has 0 fully saturated rings. The number of carboxylic acids is 1. The van der Waals surface area contributed by atoms with Crippen LogP contribution in [0.25, 0.3) is 10.6 Å². The van der Waals surface area contributed by atoms with Gasteiger partial charge in [0.15, 0.2) is 5.69 Å². The van der Waals surface area contributed by atoms with Gasteiger partial charge in [0.25, 0.3) is 0 Å². The number of hydrogen-bond acceptors (Lipinski definition) is 3. The van der Waals surface area contributed by atoms with Gasteiger partial charge < -0.3 is 5.11 Å². The molecule has 0 unspecified atom stereocenters. The lowest BCUT2D eigenvalue weighted by atomic mass is 10.1. The smallest absolute Gasteiger partial charge is 0.355 e. The van der Waals surface area contributed by atoms with Gasteiger partial charge in [0.2, 0.25) is 0 Å². The van der Waals surface area contributed by atoms with Gasteiger partial charge in [-0.3, -0.25) is 0 Å². The van der Waals surface area contributed by atoms with Crippen molar-refractivity contribution in [3.63, 3.8) is 0 Å². The molecule has 0 aliphatic heterocycles. The summed E-state index contributed by atoms with van der Waals surface area (Å²) in [6, 6.07) is 7.96. The van der Waals surface area contributed by atoms with Gasteiger partial charge in [-0.2, -0.15) is 0 Å². The molecule has 0 saturated heterocycles. The van der Waals surface area contributed by atoms with E-state index in [9.17, 15) is 4.79 Å². The van der Waals surface area contributed by atoms with Crippen molar-refractivity contribution in [2.75, 3.05) is 0 Å². The molecule has 2 rings (SSSR count). The van der Waals surface area contributed by atoms with Gasteiger partial charge in [0.05, 0.1) is 0 Å². The maximum atomic E-state index is 11.2. The molecule has 3 nitrogen and oxygen atoms in total. The Hall–Kier alpha value is -1.68. The number of carboxylic acid groups (broad SMARTS) is 1. The minimum absolute atomic E-state index is 0.174. The van der Waals surface area contributed by atoms with Gasteiger partial charge in [-0.25, -0.2) is 9.78 Å². The highest BCUT2D eigenvalue weighted by Gasteiger charge is 2.20. The molecule has 4 heteroatoms. The average Bonchev–Trinajstić information content (AvgIpc) is 2.75. The molecule has 1 N–H and O–H groups in total. The molecular formula is C14H15NO2S. The second-order valence-electron chi connectivity index (χ2n) is 4.56. The number of benzene rings is 1. The summed E-state index contributed by atoms with van der Waals surface area (Å²) in [6.45, 7) is 5.99. The quantitative estimate of drug-likeness (QED) is 0.910. The van der Waals surface area contributed by atoms with E-state index in [1.165, 1.54) is 16.9 Å². The zero-order valence-electron chi connectivity index (χ0n) is 10.6. The molecule has 0 saturated carbocycles. The van der Waals surface area contributed by atoms with Gasteiger partial charge in [-0.1, -0.05) is 43.7 Å². The molecule has 0 aliphatic carbocycles. The van der Waals surface area contributed by atoms with E-state index in [-0.39, 0.29) is 11.6 Å². The molecule has 0 aliphatic rings. The van der Waals surface area contributed by atoms with E-state index in [1.54, 1.807) is 0 Å². The first-order valence-electron chi connectivity index (χ1n) is 5.80. The van der Waals surface area contributed by atoms with Gasteiger partial charge in [-0.05, 0) is 12.8 Å². The van der Waals surface area contributed by atoms with Crippen LogP contribution < -0.4 is 0 Å². The molecular weight excluding hydrogens is 246 g/mol. The Morgan fingerprint density at radius 1 is 1.28 bits per heavy atom. The molecule has 0 bridgehead atoms. The van der Waals surface area contributed by atoms with Crippen LogP contribution >= 0.6 is 11.3 Å². The fourth-order valence-electron chi connectivity index (χ4n) is 1.70. The molecule has 1 aromatic heterocycles. The lowest BCUT2D eigenvalue weighted by Gasteiger charge is -2.00. The summed E-state index contributed by atoms with van der Waals surface area (Å²) in [5.41, 5.74) is 2.34. The number of aryl methyl sites for hydroxylation is 1. The zero-order chi connectivity index (χ0) is 13.3. The highest BCUT2D eigenvalue weighted by Crippen LogP contribution is 2.32. The van der Waals surface area contributed by atoms with Crippen LogP contribution in [-0.2, 0) is 0 Å². The topological polar surface area (TPSA) is 50.2 Å². The summed E-state index contributed by atoms with van der Waals surface area (Å²) in [6.07, 6.45) is 0. The molecule has 0 radical (unpaired) electrons. The van der Waals surface area contributed by atoms with Gasteiger partial charge >= 0.3 is 5.97 Å². The van der Waals surface area contributed by atoms with Crippen molar-refractivity contribution in [2.24, 2.45) is 0 Å². The minimum Gasteiger partial charge on any atom is -0.476 e. The average molecular weight is 261 g/mol. The lowest BCUT2D eigenvalue weighted by Crippen LogP contribution is -2.01. The summed E-state index contributed by atoms with van der Waals surface area (Å²) in [4.78, 5) is 16.3. The Kier molecular flexibility index (Phi) is 3.48. The standard InChI is InChI=1S/C14H15NO2S/c1-8(2)12-11(14(16)17)15-13(18-12)10-6-4-9(3)5-7-10/h4-8H,1-3H3,(H,16,17). The summed E-state index contributed by atoms with van der Waals surface area (Å²) in [7, 11) is 0. The third-order valence-electron chi connectivity index (χ3n) is 2.68. The summed E-state index contributed by atoms with van der Waals surface area (Å²) >= 11 is 1.46. The number of nitrogens with zero attached hydrogens (tertiary/aromatic N) is 1. The molecule has 0 spiro atoms. The van der Waals surface area contributed by atoms with Crippen molar-refractivity contribution >= 4 is 17.3 Å². The van der Waals surface area contributed by atoms with Crippen LogP contribution in [0.1, 0.15) is 40.7 Å². The van der Waals surface area contributed by atoms with Crippen molar-refractivity contribution in [1.29, 1.82) is 0 Å². The first kappa shape index (κ1) is 12.8. The van der Waals surface area contributed by atoms with E-state index < -0.39 is 5.97 Å². The normalized spacial score (nSPS) is 10.9. The predicted molar refractivity (Wildman–Crippen MR) is 73.3 cm³/mol. The summed E-state index contributed by atoms with van der Waals surface area (Å²) in [5.74, 6) is -0.777. The molecule has 0 amide bonds. The Morgan fingerprint density at radius 3 is 2.33 bits per heavy atom. The van der Waals surface area contributed by atoms with E-state index in [0.717, 1.165) is 15.4 Å². The highest BCUT2D eigenvalue weighted by molar-refractivity contribution is 7.15. The largest absolute Gasteiger partial charge is 0.476 e. The van der Waals surface area contributed by atoms with Gasteiger partial charge in [0, 0.05) is 10.4 Å². The van der Waals surface area contributed by atoms with Crippen LogP contribution in [-0.4, -0.2) is 16.1 Å². The number of carbonyl (C=O) groups is 1. The molecule has 1 heterocycles. The Bertz CT molecular complexity index is 570. The van der Waals surface area contributed by atoms with Crippen molar-refractivity contribution in [3.05, 3.63) is 40.4 Å². The van der Waals surface area contributed by atoms with E-state index in [2.05, 4.69) is 4.98 Å². The Labute approximate surface area is 110 Å². The van der Waals surface area contributed by atoms with Crippen molar-refractivity contribution in [1.82, 2.24) is 4.98 Å². The van der Waals surface area contributed by atoms with E-state index in [4.69, 9.17) is 5.11 Å². The second kappa shape index (κ2) is 4.90. The van der Waals surface area contributed by atoms with Crippen molar-refractivity contribution in [2.45, 2.75) is 26.7 Å². The summed E-state index contributed by atoms with van der Waals surface area (Å²) in [5, 5.41) is 9.94. The second-order valence-corrected chi connectivity index (χ2v) is 5.59. The first-order valence-corrected chi connectivity index (χ1v) is 6.61. The lowest BCUT2D eigenvalue weighted by molar-refractivity contribution is 0.0690. The van der Waals surface area contributed by atoms with Gasteiger partial charge in [-0.15, -0.1) is 11.3 Å². The van der Waals surface area contributed by atoms with Crippen LogP contribution in [0.2, 0.25) is 0 Å². The molecule has 18 heavy (non-hydrogen) atoms. The van der Waals surface area contributed by atoms with Crippen LogP contribution in [0.5, 0.6) is 0 Å². The summed E-state index contributed by atoms with van der Waals surface area (Å²) < 4.78 is 0.